The number of hydrogen-bond donors (Lipinski definition) is 4. The zero-order chi connectivity index (χ0) is 32.0. The number of esters is 1. The maximum absolute atomic E-state index is 12.9. The molecule has 3 aromatic carbocycles. The van der Waals surface area contributed by atoms with Gasteiger partial charge in [0, 0.05) is 26.2 Å². The van der Waals surface area contributed by atoms with Gasteiger partial charge in [0.1, 0.15) is 18.1 Å². The molecule has 0 unspecified atom stereocenters. The van der Waals surface area contributed by atoms with Gasteiger partial charge >= 0.3 is 18.1 Å². The number of amides is 3. The van der Waals surface area contributed by atoms with Gasteiger partial charge in [-0.05, 0) is 47.0 Å². The summed E-state index contributed by atoms with van der Waals surface area (Å²) in [6.07, 6.45) is -5.00. The van der Waals surface area contributed by atoms with E-state index >= 15 is 0 Å². The second-order valence-electron chi connectivity index (χ2n) is 9.15. The Morgan fingerprint density at radius 2 is 1.32 bits per heavy atom. The second-order valence-corrected chi connectivity index (χ2v) is 9.15. The van der Waals surface area contributed by atoms with Crippen molar-refractivity contribution in [3.63, 3.8) is 0 Å². The summed E-state index contributed by atoms with van der Waals surface area (Å²) >= 11 is 0. The molecule has 0 aliphatic carbocycles. The standard InChI is InChI=1S/C30H31F3N4O7/c31-30(32,33)29(41)37-13-12-36-27(39)18-42-24-8-6-21(7-9-24)22-14-23(28(40)44-17-20-4-2-1-3-5-20)16-25(15-22)43-19-26(38)35-11-10-34/h1-9,14-16H,10-13,17-19,34H2,(H,35,38)(H,36,39)(H,37,41). The molecule has 234 valence electrons. The molecule has 14 heteroatoms. The first-order valence-corrected chi connectivity index (χ1v) is 13.4. The van der Waals surface area contributed by atoms with E-state index in [4.69, 9.17) is 19.9 Å². The molecule has 0 aliphatic rings. The van der Waals surface area contributed by atoms with Gasteiger partial charge in [-0.3, -0.25) is 14.4 Å². The first-order chi connectivity index (χ1) is 21.0. The predicted octanol–water partition coefficient (Wildman–Crippen LogP) is 2.34. The molecule has 0 aliphatic heterocycles. The fraction of sp³-hybridized carbons (Fsp3) is 0.267. The van der Waals surface area contributed by atoms with E-state index in [0.29, 0.717) is 16.9 Å². The van der Waals surface area contributed by atoms with Crippen molar-refractivity contribution in [2.45, 2.75) is 12.8 Å². The summed E-state index contributed by atoms with van der Waals surface area (Å²) < 4.78 is 53.0. The lowest BCUT2D eigenvalue weighted by molar-refractivity contribution is -0.173. The molecule has 3 amide bonds. The predicted molar refractivity (Wildman–Crippen MR) is 153 cm³/mol. The molecule has 3 rings (SSSR count). The average molecular weight is 617 g/mol. The summed E-state index contributed by atoms with van der Waals surface area (Å²) in [5, 5.41) is 6.57. The van der Waals surface area contributed by atoms with Gasteiger partial charge in [-0.1, -0.05) is 42.5 Å². The highest BCUT2D eigenvalue weighted by Gasteiger charge is 2.38. The van der Waals surface area contributed by atoms with Crippen LogP contribution in [0.4, 0.5) is 13.2 Å². The maximum atomic E-state index is 12.9. The molecule has 0 aromatic heterocycles. The number of ether oxygens (including phenoxy) is 3. The Morgan fingerprint density at radius 1 is 0.705 bits per heavy atom. The van der Waals surface area contributed by atoms with Gasteiger partial charge in [0.05, 0.1) is 5.56 Å². The smallest absolute Gasteiger partial charge is 0.471 e. The molecule has 0 radical (unpaired) electrons. The van der Waals surface area contributed by atoms with Gasteiger partial charge in [-0.15, -0.1) is 0 Å². The van der Waals surface area contributed by atoms with Crippen LogP contribution < -0.4 is 31.2 Å². The van der Waals surface area contributed by atoms with Crippen molar-refractivity contribution >= 4 is 23.7 Å². The van der Waals surface area contributed by atoms with Crippen molar-refractivity contribution in [3.8, 4) is 22.6 Å². The number of carbonyl (C=O) groups is 4. The van der Waals surface area contributed by atoms with Crippen molar-refractivity contribution in [2.75, 3.05) is 39.4 Å². The highest BCUT2D eigenvalue weighted by atomic mass is 19.4. The summed E-state index contributed by atoms with van der Waals surface area (Å²) in [6.45, 7) is -0.716. The molecule has 5 N–H and O–H groups in total. The van der Waals surface area contributed by atoms with Gasteiger partial charge in [0.2, 0.25) is 0 Å². The number of halogens is 3. The largest absolute Gasteiger partial charge is 0.484 e. The number of alkyl halides is 3. The third kappa shape index (κ3) is 11.3. The van der Waals surface area contributed by atoms with Crippen molar-refractivity contribution in [1.82, 2.24) is 16.0 Å². The number of rotatable bonds is 15. The van der Waals surface area contributed by atoms with E-state index in [1.807, 2.05) is 30.3 Å². The number of nitrogens with two attached hydrogens (primary N) is 1. The van der Waals surface area contributed by atoms with Gasteiger partial charge in [-0.2, -0.15) is 13.2 Å². The third-order valence-corrected chi connectivity index (χ3v) is 5.74. The van der Waals surface area contributed by atoms with Crippen LogP contribution in [0.25, 0.3) is 11.1 Å². The summed E-state index contributed by atoms with van der Waals surface area (Å²) in [7, 11) is 0. The fourth-order valence-electron chi connectivity index (χ4n) is 3.61. The van der Waals surface area contributed by atoms with E-state index in [9.17, 15) is 32.3 Å². The van der Waals surface area contributed by atoms with Crippen LogP contribution in [0.5, 0.6) is 11.5 Å². The highest BCUT2D eigenvalue weighted by molar-refractivity contribution is 5.92. The van der Waals surface area contributed by atoms with Crippen LogP contribution in [0.2, 0.25) is 0 Å². The summed E-state index contributed by atoms with van der Waals surface area (Å²) in [6, 6.07) is 20.4. The molecule has 3 aromatic rings. The molecule has 0 saturated heterocycles. The molecular formula is C30H31F3N4O7. The molecule has 0 atom stereocenters. The van der Waals surface area contributed by atoms with Crippen LogP contribution in [0.15, 0.2) is 72.8 Å². The van der Waals surface area contributed by atoms with Gasteiger partial charge in [0.15, 0.2) is 13.2 Å². The van der Waals surface area contributed by atoms with E-state index < -0.39 is 37.1 Å². The normalized spacial score (nSPS) is 10.8. The highest BCUT2D eigenvalue weighted by Crippen LogP contribution is 2.28. The lowest BCUT2D eigenvalue weighted by Crippen LogP contribution is -2.41. The minimum Gasteiger partial charge on any atom is -0.484 e. The topological polar surface area (TPSA) is 158 Å². The summed E-state index contributed by atoms with van der Waals surface area (Å²) in [5.41, 5.74) is 7.63. The number of benzene rings is 3. The SMILES string of the molecule is NCCNC(=O)COc1cc(C(=O)OCc2ccccc2)cc(-c2ccc(OCC(=O)NCCNC(=O)C(F)(F)F)cc2)c1. The Bertz CT molecular complexity index is 1420. The van der Waals surface area contributed by atoms with E-state index in [-0.39, 0.29) is 50.1 Å². The van der Waals surface area contributed by atoms with E-state index in [1.165, 1.54) is 6.07 Å². The van der Waals surface area contributed by atoms with E-state index in [1.54, 1.807) is 41.7 Å². The first kappa shape index (κ1) is 33.4. The van der Waals surface area contributed by atoms with Gasteiger partial charge < -0.3 is 35.9 Å². The second kappa shape index (κ2) is 16.5. The van der Waals surface area contributed by atoms with Crippen molar-refractivity contribution in [2.24, 2.45) is 5.73 Å². The minimum atomic E-state index is -5.00. The lowest BCUT2D eigenvalue weighted by atomic mass is 10.0. The maximum Gasteiger partial charge on any atom is 0.471 e. The Labute approximate surface area is 250 Å². The third-order valence-electron chi connectivity index (χ3n) is 5.74. The van der Waals surface area contributed by atoms with Gasteiger partial charge in [0.25, 0.3) is 11.8 Å². The molecule has 44 heavy (non-hydrogen) atoms. The quantitative estimate of drug-likeness (QED) is 0.150. The first-order valence-electron chi connectivity index (χ1n) is 13.4. The van der Waals surface area contributed by atoms with Crippen molar-refractivity contribution in [1.29, 1.82) is 0 Å². The zero-order valence-corrected chi connectivity index (χ0v) is 23.4. The van der Waals surface area contributed by atoms with Crippen LogP contribution in [-0.2, 0) is 25.7 Å². The molecular weight excluding hydrogens is 585 g/mol. The van der Waals surface area contributed by atoms with E-state index in [2.05, 4.69) is 10.6 Å². The lowest BCUT2D eigenvalue weighted by Gasteiger charge is -2.13. The number of hydrogen-bond acceptors (Lipinski definition) is 8. The average Bonchev–Trinajstić information content (AvgIpc) is 3.02. The van der Waals surface area contributed by atoms with Crippen LogP contribution >= 0.6 is 0 Å². The monoisotopic (exact) mass is 616 g/mol. The summed E-state index contributed by atoms with van der Waals surface area (Å²) in [4.78, 5) is 47.6. The Morgan fingerprint density at radius 3 is 1.95 bits per heavy atom. The Kier molecular flexibility index (Phi) is 12.5. The summed E-state index contributed by atoms with van der Waals surface area (Å²) in [5.74, 6) is -3.11. The Balaban J connectivity index is 1.63. The van der Waals surface area contributed by atoms with E-state index in [0.717, 1.165) is 5.56 Å². The van der Waals surface area contributed by atoms with Crippen LogP contribution in [0.1, 0.15) is 15.9 Å². The number of carbonyl (C=O) groups excluding carboxylic acids is 4. The number of nitrogens with one attached hydrogen (secondary N) is 3. The zero-order valence-electron chi connectivity index (χ0n) is 23.4. The molecule has 0 spiro atoms. The Hall–Kier alpha value is -5.11. The molecule has 11 nitrogen and oxygen atoms in total. The fourth-order valence-corrected chi connectivity index (χ4v) is 3.61. The van der Waals surface area contributed by atoms with Crippen LogP contribution in [-0.4, -0.2) is 69.3 Å². The molecule has 0 bridgehead atoms. The minimum absolute atomic E-state index is 0.0589. The van der Waals surface area contributed by atoms with Crippen LogP contribution in [0, 0.1) is 0 Å². The molecule has 0 heterocycles. The van der Waals surface area contributed by atoms with Crippen molar-refractivity contribution in [3.05, 3.63) is 83.9 Å². The molecule has 0 saturated carbocycles. The van der Waals surface area contributed by atoms with Crippen LogP contribution in [0.3, 0.4) is 0 Å². The molecule has 0 fully saturated rings. The van der Waals surface area contributed by atoms with Gasteiger partial charge in [-0.25, -0.2) is 4.79 Å². The van der Waals surface area contributed by atoms with Crippen molar-refractivity contribution < 1.29 is 46.6 Å².